The summed E-state index contributed by atoms with van der Waals surface area (Å²) in [6.45, 7) is 13.1. The molecule has 1 fully saturated rings. The molecule has 0 bridgehead atoms. The van der Waals surface area contributed by atoms with Gasteiger partial charge in [0.15, 0.2) is 11.5 Å². The number of aryl methyl sites for hydroxylation is 1. The number of methoxy groups -OCH3 is 2. The van der Waals surface area contributed by atoms with Crippen LogP contribution in [0.2, 0.25) is 0 Å². The Morgan fingerprint density at radius 1 is 1.00 bits per heavy atom. The molecule has 1 heterocycles. The van der Waals surface area contributed by atoms with Crippen LogP contribution in [0.15, 0.2) is 12.1 Å². The van der Waals surface area contributed by atoms with Crippen molar-refractivity contribution in [3.8, 4) is 17.2 Å². The van der Waals surface area contributed by atoms with Crippen molar-refractivity contribution < 1.29 is 33.3 Å². The van der Waals surface area contributed by atoms with Crippen molar-refractivity contribution in [3.63, 3.8) is 0 Å². The van der Waals surface area contributed by atoms with E-state index in [9.17, 15) is 14.4 Å². The van der Waals surface area contributed by atoms with E-state index in [1.54, 1.807) is 19.1 Å². The largest absolute Gasteiger partial charge is 0.493 e. The average Bonchev–Trinajstić information content (AvgIpc) is 2.85. The van der Waals surface area contributed by atoms with Gasteiger partial charge in [-0.3, -0.25) is 19.4 Å². The predicted molar refractivity (Wildman–Crippen MR) is 140 cm³/mol. The molecule has 2 rings (SSSR count). The molecule has 10 nitrogen and oxygen atoms in total. The molecule has 0 aliphatic carbocycles. The van der Waals surface area contributed by atoms with E-state index >= 15 is 0 Å². The van der Waals surface area contributed by atoms with E-state index in [1.807, 2.05) is 39.8 Å². The van der Waals surface area contributed by atoms with E-state index in [1.165, 1.54) is 11.8 Å². The fraction of sp³-hybridized carbons (Fsp3) is 0.667. The molecule has 0 atom stereocenters. The lowest BCUT2D eigenvalue weighted by Crippen LogP contribution is -2.50. The van der Waals surface area contributed by atoms with Crippen LogP contribution in [0.5, 0.6) is 17.2 Å². The summed E-state index contributed by atoms with van der Waals surface area (Å²) in [4.78, 5) is 41.8. The summed E-state index contributed by atoms with van der Waals surface area (Å²) in [5, 5.41) is 0. The zero-order valence-electron chi connectivity index (χ0n) is 23.4. The molecular weight excluding hydrogens is 478 g/mol. The zero-order valence-corrected chi connectivity index (χ0v) is 23.4. The number of ether oxygens (including phenoxy) is 4. The van der Waals surface area contributed by atoms with Gasteiger partial charge in [-0.05, 0) is 51.3 Å². The number of imide groups is 1. The van der Waals surface area contributed by atoms with E-state index in [0.717, 1.165) is 25.1 Å². The molecule has 0 aromatic heterocycles. The Morgan fingerprint density at radius 2 is 1.59 bits per heavy atom. The highest BCUT2D eigenvalue weighted by Gasteiger charge is 2.26. The maximum Gasteiger partial charge on any atom is 0.410 e. The third-order valence-corrected chi connectivity index (χ3v) is 5.95. The molecule has 0 N–H and O–H groups in total. The number of hydrogen-bond donors (Lipinski definition) is 0. The van der Waals surface area contributed by atoms with Crippen LogP contribution in [0.25, 0.3) is 0 Å². The first-order valence-electron chi connectivity index (χ1n) is 12.9. The number of hydrogen-bond acceptors (Lipinski definition) is 8. The standard InChI is InChI=1S/C27H43N3O7/c1-8-11-30(20(2)31)24(32)10-9-21-18-22(34-6)25(23(19-21)35-7)36-17-16-28-12-14-29(15-13-28)26(33)37-27(3,4)5/h18-19H,8-17H2,1-7H3. The molecular formula is C27H43N3O7. The average molecular weight is 522 g/mol. The van der Waals surface area contributed by atoms with Crippen molar-refractivity contribution in [2.75, 3.05) is 60.1 Å². The molecule has 1 aromatic rings. The highest BCUT2D eigenvalue weighted by atomic mass is 16.6. The van der Waals surface area contributed by atoms with Crippen molar-refractivity contribution in [2.24, 2.45) is 0 Å². The van der Waals surface area contributed by atoms with Crippen molar-refractivity contribution in [3.05, 3.63) is 17.7 Å². The molecule has 0 unspecified atom stereocenters. The van der Waals surface area contributed by atoms with Gasteiger partial charge < -0.3 is 23.8 Å². The maximum absolute atomic E-state index is 12.5. The molecule has 1 aliphatic rings. The molecule has 10 heteroatoms. The lowest BCUT2D eigenvalue weighted by Gasteiger charge is -2.35. The van der Waals surface area contributed by atoms with Crippen LogP contribution >= 0.6 is 0 Å². The van der Waals surface area contributed by atoms with E-state index in [-0.39, 0.29) is 24.3 Å². The summed E-state index contributed by atoms with van der Waals surface area (Å²) < 4.78 is 22.6. The summed E-state index contributed by atoms with van der Waals surface area (Å²) in [7, 11) is 3.12. The number of benzene rings is 1. The molecule has 208 valence electrons. The molecule has 1 saturated heterocycles. The fourth-order valence-corrected chi connectivity index (χ4v) is 4.05. The van der Waals surface area contributed by atoms with Crippen LogP contribution in [0.1, 0.15) is 53.0 Å². The monoisotopic (exact) mass is 521 g/mol. The quantitative estimate of drug-likeness (QED) is 0.437. The predicted octanol–water partition coefficient (Wildman–Crippen LogP) is 3.35. The normalized spacial score (nSPS) is 14.2. The second-order valence-electron chi connectivity index (χ2n) is 10.1. The van der Waals surface area contributed by atoms with Crippen LogP contribution in [-0.2, 0) is 20.7 Å². The Bertz CT molecular complexity index is 896. The Morgan fingerprint density at radius 3 is 2.08 bits per heavy atom. The maximum atomic E-state index is 12.5. The minimum atomic E-state index is -0.505. The van der Waals surface area contributed by atoms with Crippen molar-refractivity contribution >= 4 is 17.9 Å². The van der Waals surface area contributed by atoms with Gasteiger partial charge in [-0.2, -0.15) is 0 Å². The second kappa shape index (κ2) is 14.1. The number of carbonyl (C=O) groups is 3. The van der Waals surface area contributed by atoms with Gasteiger partial charge in [-0.25, -0.2) is 4.79 Å². The Labute approximate surface area is 220 Å². The van der Waals surface area contributed by atoms with Crippen LogP contribution in [0, 0.1) is 0 Å². The Kier molecular flexibility index (Phi) is 11.5. The van der Waals surface area contributed by atoms with Gasteiger partial charge in [0.25, 0.3) is 0 Å². The molecule has 0 spiro atoms. The van der Waals surface area contributed by atoms with E-state index in [4.69, 9.17) is 18.9 Å². The second-order valence-corrected chi connectivity index (χ2v) is 10.1. The SMILES string of the molecule is CCCN(C(C)=O)C(=O)CCc1cc(OC)c(OCCN2CCN(C(=O)OC(C)(C)C)CC2)c(OC)c1. The third-order valence-electron chi connectivity index (χ3n) is 5.95. The number of carbonyl (C=O) groups excluding carboxylic acids is 3. The summed E-state index contributed by atoms with van der Waals surface area (Å²) in [6, 6.07) is 3.67. The van der Waals surface area contributed by atoms with Gasteiger partial charge in [-0.1, -0.05) is 6.92 Å². The van der Waals surface area contributed by atoms with E-state index in [0.29, 0.717) is 56.5 Å². The van der Waals surface area contributed by atoms with Crippen LogP contribution in [0.4, 0.5) is 4.79 Å². The van der Waals surface area contributed by atoms with Gasteiger partial charge in [-0.15, -0.1) is 0 Å². The first-order valence-corrected chi connectivity index (χ1v) is 12.9. The highest BCUT2D eigenvalue weighted by molar-refractivity contribution is 5.94. The minimum absolute atomic E-state index is 0.195. The smallest absolute Gasteiger partial charge is 0.410 e. The molecule has 3 amide bonds. The summed E-state index contributed by atoms with van der Waals surface area (Å²) in [5.74, 6) is 1.11. The summed E-state index contributed by atoms with van der Waals surface area (Å²) >= 11 is 0. The topological polar surface area (TPSA) is 97.9 Å². The van der Waals surface area contributed by atoms with Crippen molar-refractivity contribution in [2.45, 2.75) is 59.5 Å². The van der Waals surface area contributed by atoms with Gasteiger partial charge in [0.1, 0.15) is 12.2 Å². The minimum Gasteiger partial charge on any atom is -0.493 e. The number of nitrogens with zero attached hydrogens (tertiary/aromatic N) is 3. The number of rotatable bonds is 11. The molecule has 1 aromatic carbocycles. The zero-order chi connectivity index (χ0) is 27.6. The van der Waals surface area contributed by atoms with Gasteiger partial charge in [0.05, 0.1) is 14.2 Å². The number of piperazine rings is 1. The molecule has 0 saturated carbocycles. The van der Waals surface area contributed by atoms with Gasteiger partial charge in [0.2, 0.25) is 17.6 Å². The fourth-order valence-electron chi connectivity index (χ4n) is 4.05. The van der Waals surface area contributed by atoms with Crippen LogP contribution < -0.4 is 14.2 Å². The lowest BCUT2D eigenvalue weighted by atomic mass is 10.1. The molecule has 0 radical (unpaired) electrons. The van der Waals surface area contributed by atoms with E-state index < -0.39 is 5.60 Å². The van der Waals surface area contributed by atoms with E-state index in [2.05, 4.69) is 4.90 Å². The van der Waals surface area contributed by atoms with Gasteiger partial charge in [0, 0.05) is 52.6 Å². The highest BCUT2D eigenvalue weighted by Crippen LogP contribution is 2.39. The lowest BCUT2D eigenvalue weighted by molar-refractivity contribution is -0.143. The van der Waals surface area contributed by atoms with Crippen molar-refractivity contribution in [1.82, 2.24) is 14.7 Å². The van der Waals surface area contributed by atoms with Crippen LogP contribution in [0.3, 0.4) is 0 Å². The summed E-state index contributed by atoms with van der Waals surface area (Å²) in [5.41, 5.74) is 0.350. The Balaban J connectivity index is 1.93. The first kappa shape index (κ1) is 30.2. The Hall–Kier alpha value is -3.01. The van der Waals surface area contributed by atoms with Gasteiger partial charge >= 0.3 is 6.09 Å². The third kappa shape index (κ3) is 9.42. The summed E-state index contributed by atoms with van der Waals surface area (Å²) in [6.07, 6.45) is 1.10. The molecule has 1 aliphatic heterocycles. The molecule has 37 heavy (non-hydrogen) atoms. The number of amides is 3. The first-order chi connectivity index (χ1) is 17.5. The van der Waals surface area contributed by atoms with Crippen molar-refractivity contribution in [1.29, 1.82) is 0 Å². The van der Waals surface area contributed by atoms with Crippen LogP contribution in [-0.4, -0.2) is 98.3 Å².